The Balaban J connectivity index is 2.06. The van der Waals surface area contributed by atoms with Gasteiger partial charge in [0.2, 0.25) is 10.0 Å². The average molecular weight is 282 g/mol. The average Bonchev–Trinajstić information content (AvgIpc) is 2.86. The van der Waals surface area contributed by atoms with Crippen molar-refractivity contribution in [1.29, 1.82) is 0 Å². The van der Waals surface area contributed by atoms with Gasteiger partial charge in [0.1, 0.15) is 0 Å². The molecule has 2 N–H and O–H groups in total. The van der Waals surface area contributed by atoms with Gasteiger partial charge in [-0.3, -0.25) is 0 Å². The fourth-order valence-corrected chi connectivity index (χ4v) is 4.54. The van der Waals surface area contributed by atoms with Crippen molar-refractivity contribution in [2.24, 2.45) is 5.73 Å². The summed E-state index contributed by atoms with van der Waals surface area (Å²) in [6.45, 7) is 1.29. The Bertz CT molecular complexity index is 487. The third kappa shape index (κ3) is 3.78. The van der Waals surface area contributed by atoms with Gasteiger partial charge in [0.25, 0.3) is 0 Å². The van der Waals surface area contributed by atoms with Crippen molar-refractivity contribution in [3.63, 3.8) is 0 Å². The third-order valence-electron chi connectivity index (χ3n) is 3.61. The van der Waals surface area contributed by atoms with E-state index in [-0.39, 0.29) is 11.8 Å². The van der Waals surface area contributed by atoms with Crippen LogP contribution in [-0.2, 0) is 15.8 Å². The van der Waals surface area contributed by atoms with E-state index in [2.05, 4.69) is 0 Å². The van der Waals surface area contributed by atoms with Crippen LogP contribution in [0.25, 0.3) is 0 Å². The first-order chi connectivity index (χ1) is 9.13. The lowest BCUT2D eigenvalue weighted by atomic mass is 10.1. The van der Waals surface area contributed by atoms with Crippen molar-refractivity contribution in [1.82, 2.24) is 4.31 Å². The molecule has 1 saturated heterocycles. The summed E-state index contributed by atoms with van der Waals surface area (Å²) >= 11 is 0. The van der Waals surface area contributed by atoms with Crippen molar-refractivity contribution in [2.75, 3.05) is 13.1 Å². The van der Waals surface area contributed by atoms with Crippen molar-refractivity contribution in [2.45, 2.75) is 37.5 Å². The molecule has 4 nitrogen and oxygen atoms in total. The number of sulfonamides is 1. The molecule has 0 aliphatic carbocycles. The monoisotopic (exact) mass is 282 g/mol. The van der Waals surface area contributed by atoms with Crippen molar-refractivity contribution in [3.8, 4) is 0 Å². The maximum absolute atomic E-state index is 12.5. The molecule has 106 valence electrons. The van der Waals surface area contributed by atoms with E-state index >= 15 is 0 Å². The molecule has 5 heteroatoms. The fourth-order valence-electron chi connectivity index (χ4n) is 2.69. The molecule has 1 heterocycles. The van der Waals surface area contributed by atoms with E-state index in [4.69, 9.17) is 5.73 Å². The minimum Gasteiger partial charge on any atom is -0.330 e. The van der Waals surface area contributed by atoms with Crippen LogP contribution in [0.3, 0.4) is 0 Å². The Labute approximate surface area is 115 Å². The lowest BCUT2D eigenvalue weighted by molar-refractivity contribution is 0.365. The summed E-state index contributed by atoms with van der Waals surface area (Å²) in [4.78, 5) is 0. The molecule has 0 amide bonds. The highest BCUT2D eigenvalue weighted by Gasteiger charge is 2.33. The van der Waals surface area contributed by atoms with Crippen LogP contribution >= 0.6 is 0 Å². The molecular formula is C14H22N2O2S. The van der Waals surface area contributed by atoms with E-state index in [1.807, 2.05) is 30.3 Å². The van der Waals surface area contributed by atoms with Gasteiger partial charge >= 0.3 is 0 Å². The molecule has 0 saturated carbocycles. The van der Waals surface area contributed by atoms with E-state index in [9.17, 15) is 8.42 Å². The first-order valence-electron chi connectivity index (χ1n) is 6.87. The lowest BCUT2D eigenvalue weighted by Gasteiger charge is -2.24. The van der Waals surface area contributed by atoms with Crippen LogP contribution in [0.1, 0.15) is 31.2 Å². The molecule has 1 aliphatic heterocycles. The van der Waals surface area contributed by atoms with Gasteiger partial charge in [0.05, 0.1) is 5.75 Å². The van der Waals surface area contributed by atoms with Crippen molar-refractivity contribution < 1.29 is 8.42 Å². The highest BCUT2D eigenvalue weighted by molar-refractivity contribution is 7.88. The number of hydrogen-bond acceptors (Lipinski definition) is 3. The molecule has 1 atom stereocenters. The molecular weight excluding hydrogens is 260 g/mol. The Morgan fingerprint density at radius 3 is 2.68 bits per heavy atom. The van der Waals surface area contributed by atoms with Crippen molar-refractivity contribution in [3.05, 3.63) is 35.9 Å². The second-order valence-electron chi connectivity index (χ2n) is 5.08. The second-order valence-corrected chi connectivity index (χ2v) is 7.00. The molecule has 1 aliphatic rings. The highest BCUT2D eigenvalue weighted by atomic mass is 32.2. The zero-order chi connectivity index (χ0) is 13.7. The summed E-state index contributed by atoms with van der Waals surface area (Å²) in [5, 5.41) is 0. The van der Waals surface area contributed by atoms with E-state index in [0.717, 1.165) is 31.2 Å². The number of nitrogens with zero attached hydrogens (tertiary/aromatic N) is 1. The van der Waals surface area contributed by atoms with Gasteiger partial charge in [-0.1, -0.05) is 30.3 Å². The van der Waals surface area contributed by atoms with Crippen LogP contribution in [0.5, 0.6) is 0 Å². The summed E-state index contributed by atoms with van der Waals surface area (Å²) in [5.41, 5.74) is 6.37. The molecule has 1 fully saturated rings. The third-order valence-corrected chi connectivity index (χ3v) is 5.51. The molecule has 1 aromatic carbocycles. The first-order valence-corrected chi connectivity index (χ1v) is 8.48. The molecule has 0 aromatic heterocycles. The van der Waals surface area contributed by atoms with Crippen LogP contribution in [0.2, 0.25) is 0 Å². The highest BCUT2D eigenvalue weighted by Crippen LogP contribution is 2.26. The standard InChI is InChI=1S/C14H22N2O2S/c15-10-4-8-14-9-5-11-16(14)19(17,18)12-13-6-2-1-3-7-13/h1-3,6-7,14H,4-5,8-12,15H2. The number of benzene rings is 1. The summed E-state index contributed by atoms with van der Waals surface area (Å²) in [6.07, 6.45) is 3.70. The largest absolute Gasteiger partial charge is 0.330 e. The molecule has 2 rings (SSSR count). The number of hydrogen-bond donors (Lipinski definition) is 1. The van der Waals surface area contributed by atoms with Gasteiger partial charge < -0.3 is 5.73 Å². The molecule has 0 bridgehead atoms. The topological polar surface area (TPSA) is 63.4 Å². The minimum atomic E-state index is -3.20. The molecule has 19 heavy (non-hydrogen) atoms. The molecule has 0 radical (unpaired) electrons. The van der Waals surface area contributed by atoms with E-state index in [1.54, 1.807) is 4.31 Å². The van der Waals surface area contributed by atoms with Gasteiger partial charge in [0.15, 0.2) is 0 Å². The number of rotatable bonds is 6. The van der Waals surface area contributed by atoms with Crippen LogP contribution in [0, 0.1) is 0 Å². The van der Waals surface area contributed by atoms with Crippen LogP contribution < -0.4 is 5.73 Å². The van der Waals surface area contributed by atoms with E-state index in [1.165, 1.54) is 0 Å². The maximum atomic E-state index is 12.5. The molecule has 1 unspecified atom stereocenters. The Morgan fingerprint density at radius 1 is 1.26 bits per heavy atom. The molecule has 0 spiro atoms. The SMILES string of the molecule is NCCCC1CCCN1S(=O)(=O)Cc1ccccc1. The fraction of sp³-hybridized carbons (Fsp3) is 0.571. The van der Waals surface area contributed by atoms with Crippen LogP contribution in [0.15, 0.2) is 30.3 Å². The van der Waals surface area contributed by atoms with Gasteiger partial charge in [0, 0.05) is 12.6 Å². The smallest absolute Gasteiger partial charge is 0.218 e. The minimum absolute atomic E-state index is 0.104. The zero-order valence-corrected chi connectivity index (χ0v) is 12.0. The predicted octanol–water partition coefficient (Wildman–Crippen LogP) is 1.72. The van der Waals surface area contributed by atoms with Crippen LogP contribution in [-0.4, -0.2) is 31.9 Å². The van der Waals surface area contributed by atoms with E-state index < -0.39 is 10.0 Å². The summed E-state index contributed by atoms with van der Waals surface area (Å²) < 4.78 is 26.6. The second kappa shape index (κ2) is 6.50. The normalized spacial score (nSPS) is 20.8. The number of nitrogens with two attached hydrogens (primary N) is 1. The summed E-state index contributed by atoms with van der Waals surface area (Å²) in [6, 6.07) is 9.53. The van der Waals surface area contributed by atoms with Gasteiger partial charge in [-0.2, -0.15) is 4.31 Å². The quantitative estimate of drug-likeness (QED) is 0.864. The maximum Gasteiger partial charge on any atom is 0.218 e. The Morgan fingerprint density at radius 2 is 2.00 bits per heavy atom. The van der Waals surface area contributed by atoms with Gasteiger partial charge in [-0.15, -0.1) is 0 Å². The first kappa shape index (κ1) is 14.5. The Kier molecular flexibility index (Phi) is 4.96. The van der Waals surface area contributed by atoms with Gasteiger partial charge in [-0.25, -0.2) is 8.42 Å². The molecule has 1 aromatic rings. The lowest BCUT2D eigenvalue weighted by Crippen LogP contribution is -2.36. The summed E-state index contributed by atoms with van der Waals surface area (Å²) in [7, 11) is -3.20. The van der Waals surface area contributed by atoms with Crippen LogP contribution in [0.4, 0.5) is 0 Å². The summed E-state index contributed by atoms with van der Waals surface area (Å²) in [5.74, 6) is 0.104. The zero-order valence-electron chi connectivity index (χ0n) is 11.2. The van der Waals surface area contributed by atoms with Gasteiger partial charge in [-0.05, 0) is 37.8 Å². The Hall–Kier alpha value is -0.910. The predicted molar refractivity (Wildman–Crippen MR) is 77.1 cm³/mol. The van der Waals surface area contributed by atoms with E-state index in [0.29, 0.717) is 13.1 Å². The van der Waals surface area contributed by atoms with Crippen molar-refractivity contribution >= 4 is 10.0 Å².